The van der Waals surface area contributed by atoms with Crippen LogP contribution in [0.1, 0.15) is 30.8 Å². The van der Waals surface area contributed by atoms with Crippen LogP contribution in [0.5, 0.6) is 11.5 Å². The van der Waals surface area contributed by atoms with E-state index < -0.39 is 0 Å². The molecule has 0 saturated carbocycles. The summed E-state index contributed by atoms with van der Waals surface area (Å²) in [5.41, 5.74) is 3.23. The number of hydrogen-bond acceptors (Lipinski definition) is 6. The Morgan fingerprint density at radius 3 is 2.29 bits per heavy atom. The quantitative estimate of drug-likeness (QED) is 0.475. The topological polar surface area (TPSA) is 78.3 Å². The molecule has 0 unspecified atom stereocenters. The van der Waals surface area contributed by atoms with E-state index >= 15 is 0 Å². The molecule has 31 heavy (non-hydrogen) atoms. The SMILES string of the molecule is CCc1cccc(CC)c1NC(=O)CSc1nnc(COc2ccc(OC)cc2)n1C. The second-order valence-corrected chi connectivity index (χ2v) is 7.86. The van der Waals surface area contributed by atoms with Crippen molar-refractivity contribution in [3.05, 3.63) is 59.4 Å². The summed E-state index contributed by atoms with van der Waals surface area (Å²) in [5, 5.41) is 12.1. The number of nitrogens with zero attached hydrogens (tertiary/aromatic N) is 3. The van der Waals surface area contributed by atoms with Gasteiger partial charge in [-0.2, -0.15) is 0 Å². The van der Waals surface area contributed by atoms with Crippen LogP contribution in [0.15, 0.2) is 47.6 Å². The number of methoxy groups -OCH3 is 1. The summed E-state index contributed by atoms with van der Waals surface area (Å²) in [7, 11) is 3.49. The molecule has 0 fully saturated rings. The van der Waals surface area contributed by atoms with Gasteiger partial charge in [0.2, 0.25) is 5.91 Å². The number of hydrogen-bond donors (Lipinski definition) is 1. The van der Waals surface area contributed by atoms with Crippen LogP contribution in [0.25, 0.3) is 0 Å². The van der Waals surface area contributed by atoms with Crippen LogP contribution in [-0.2, 0) is 31.3 Å². The summed E-state index contributed by atoms with van der Waals surface area (Å²) < 4.78 is 12.8. The number of thioether (sulfide) groups is 1. The van der Waals surface area contributed by atoms with E-state index in [0.717, 1.165) is 41.2 Å². The molecular weight excluding hydrogens is 412 g/mol. The molecule has 0 aliphatic heterocycles. The van der Waals surface area contributed by atoms with Gasteiger partial charge in [0, 0.05) is 12.7 Å². The Kier molecular flexibility index (Phi) is 7.94. The highest BCUT2D eigenvalue weighted by Gasteiger charge is 2.14. The van der Waals surface area contributed by atoms with E-state index in [1.165, 1.54) is 11.8 Å². The Bertz CT molecular complexity index is 996. The second-order valence-electron chi connectivity index (χ2n) is 6.92. The zero-order valence-electron chi connectivity index (χ0n) is 18.3. The number of para-hydroxylation sites is 1. The van der Waals surface area contributed by atoms with Crippen molar-refractivity contribution in [1.29, 1.82) is 0 Å². The van der Waals surface area contributed by atoms with Crippen molar-refractivity contribution < 1.29 is 14.3 Å². The first-order valence-electron chi connectivity index (χ1n) is 10.2. The highest BCUT2D eigenvalue weighted by molar-refractivity contribution is 7.99. The average molecular weight is 441 g/mol. The van der Waals surface area contributed by atoms with Crippen molar-refractivity contribution in [2.45, 2.75) is 38.5 Å². The summed E-state index contributed by atoms with van der Waals surface area (Å²) in [6.07, 6.45) is 1.74. The van der Waals surface area contributed by atoms with Gasteiger partial charge in [0.25, 0.3) is 0 Å². The lowest BCUT2D eigenvalue weighted by Gasteiger charge is -2.14. The number of aromatic nitrogens is 3. The number of amides is 1. The number of rotatable bonds is 10. The fraction of sp³-hybridized carbons (Fsp3) is 0.348. The molecule has 164 valence electrons. The second kappa shape index (κ2) is 10.9. The minimum absolute atomic E-state index is 0.0559. The molecule has 2 aromatic carbocycles. The lowest BCUT2D eigenvalue weighted by atomic mass is 10.0. The normalized spacial score (nSPS) is 10.7. The molecule has 7 nitrogen and oxygen atoms in total. The lowest BCUT2D eigenvalue weighted by molar-refractivity contribution is -0.113. The van der Waals surface area contributed by atoms with Gasteiger partial charge >= 0.3 is 0 Å². The maximum absolute atomic E-state index is 12.6. The summed E-state index contributed by atoms with van der Waals surface area (Å²) in [6.45, 7) is 4.47. The Morgan fingerprint density at radius 1 is 1.03 bits per heavy atom. The third-order valence-electron chi connectivity index (χ3n) is 4.95. The zero-order chi connectivity index (χ0) is 22.2. The maximum atomic E-state index is 12.6. The van der Waals surface area contributed by atoms with Gasteiger partial charge in [-0.25, -0.2) is 0 Å². The van der Waals surface area contributed by atoms with Gasteiger partial charge in [0.1, 0.15) is 18.1 Å². The van der Waals surface area contributed by atoms with Gasteiger partial charge in [0.05, 0.1) is 12.9 Å². The average Bonchev–Trinajstić information content (AvgIpc) is 3.16. The van der Waals surface area contributed by atoms with Crippen LogP contribution in [0.2, 0.25) is 0 Å². The first-order valence-corrected chi connectivity index (χ1v) is 11.2. The monoisotopic (exact) mass is 440 g/mol. The van der Waals surface area contributed by atoms with Crippen LogP contribution in [0.3, 0.4) is 0 Å². The van der Waals surface area contributed by atoms with Crippen LogP contribution in [-0.4, -0.2) is 33.5 Å². The Morgan fingerprint density at radius 2 is 1.68 bits per heavy atom. The number of carbonyl (C=O) groups is 1. The standard InChI is InChI=1S/C23H28N4O3S/c1-5-16-8-7-9-17(6-2)22(16)24-21(28)15-31-23-26-25-20(27(23)3)14-30-19-12-10-18(29-4)11-13-19/h7-13H,5-6,14-15H2,1-4H3,(H,24,28). The minimum atomic E-state index is -0.0559. The highest BCUT2D eigenvalue weighted by Crippen LogP contribution is 2.24. The van der Waals surface area contributed by atoms with Gasteiger partial charge in [-0.3, -0.25) is 4.79 Å². The predicted molar refractivity (Wildman–Crippen MR) is 123 cm³/mol. The first-order chi connectivity index (χ1) is 15.0. The van der Waals surface area contributed by atoms with Gasteiger partial charge < -0.3 is 19.4 Å². The van der Waals surface area contributed by atoms with Crippen LogP contribution < -0.4 is 14.8 Å². The molecule has 0 aliphatic carbocycles. The number of carbonyl (C=O) groups excluding carboxylic acids is 1. The van der Waals surface area contributed by atoms with E-state index in [2.05, 4.69) is 41.5 Å². The van der Waals surface area contributed by atoms with Crippen molar-refractivity contribution in [3.8, 4) is 11.5 Å². The first kappa shape index (κ1) is 22.7. The fourth-order valence-corrected chi connectivity index (χ4v) is 3.85. The molecule has 1 amide bonds. The number of benzene rings is 2. The van der Waals surface area contributed by atoms with Crippen LogP contribution in [0, 0.1) is 0 Å². The predicted octanol–water partition coefficient (Wildman–Crippen LogP) is 4.26. The summed E-state index contributed by atoms with van der Waals surface area (Å²) in [4.78, 5) is 12.6. The largest absolute Gasteiger partial charge is 0.497 e. The molecule has 0 saturated heterocycles. The molecule has 8 heteroatoms. The Balaban J connectivity index is 1.56. The molecule has 0 bridgehead atoms. The number of anilines is 1. The van der Waals surface area contributed by atoms with Crippen molar-refractivity contribution in [2.24, 2.45) is 7.05 Å². The number of aryl methyl sites for hydroxylation is 2. The Hall–Kier alpha value is -3.00. The minimum Gasteiger partial charge on any atom is -0.497 e. The number of nitrogens with one attached hydrogen (secondary N) is 1. The van der Waals surface area contributed by atoms with Gasteiger partial charge in [-0.15, -0.1) is 10.2 Å². The van der Waals surface area contributed by atoms with Crippen LogP contribution >= 0.6 is 11.8 Å². The van der Waals surface area contributed by atoms with Crippen molar-refractivity contribution >= 4 is 23.4 Å². The van der Waals surface area contributed by atoms with Crippen LogP contribution in [0.4, 0.5) is 5.69 Å². The molecule has 3 aromatic rings. The summed E-state index contributed by atoms with van der Waals surface area (Å²) in [5.74, 6) is 2.38. The maximum Gasteiger partial charge on any atom is 0.234 e. The molecule has 0 atom stereocenters. The third kappa shape index (κ3) is 5.79. The fourth-order valence-electron chi connectivity index (χ4n) is 3.13. The molecule has 1 heterocycles. The molecule has 0 radical (unpaired) electrons. The van der Waals surface area contributed by atoms with Crippen molar-refractivity contribution in [1.82, 2.24) is 14.8 Å². The van der Waals surface area contributed by atoms with E-state index in [-0.39, 0.29) is 18.3 Å². The summed E-state index contributed by atoms with van der Waals surface area (Å²) in [6, 6.07) is 13.5. The van der Waals surface area contributed by atoms with Gasteiger partial charge in [-0.1, -0.05) is 43.8 Å². The molecule has 3 rings (SSSR count). The van der Waals surface area contributed by atoms with E-state index in [1.54, 1.807) is 7.11 Å². The third-order valence-corrected chi connectivity index (χ3v) is 5.97. The smallest absolute Gasteiger partial charge is 0.234 e. The van der Waals surface area contributed by atoms with Gasteiger partial charge in [-0.05, 0) is 48.2 Å². The zero-order valence-corrected chi connectivity index (χ0v) is 19.2. The van der Waals surface area contributed by atoms with Crippen molar-refractivity contribution in [2.75, 3.05) is 18.2 Å². The molecule has 0 aliphatic rings. The molecule has 0 spiro atoms. The lowest BCUT2D eigenvalue weighted by Crippen LogP contribution is -2.17. The van der Waals surface area contributed by atoms with E-state index in [0.29, 0.717) is 11.0 Å². The Labute approximate surface area is 187 Å². The summed E-state index contributed by atoms with van der Waals surface area (Å²) >= 11 is 1.35. The van der Waals surface area contributed by atoms with Gasteiger partial charge in [0.15, 0.2) is 11.0 Å². The van der Waals surface area contributed by atoms with Crippen molar-refractivity contribution in [3.63, 3.8) is 0 Å². The highest BCUT2D eigenvalue weighted by atomic mass is 32.2. The van der Waals surface area contributed by atoms with E-state index in [1.807, 2.05) is 41.9 Å². The molecule has 1 aromatic heterocycles. The number of ether oxygens (including phenoxy) is 2. The molecule has 1 N–H and O–H groups in total. The van der Waals surface area contributed by atoms with E-state index in [9.17, 15) is 4.79 Å². The molecular formula is C23H28N4O3S. The van der Waals surface area contributed by atoms with E-state index in [4.69, 9.17) is 9.47 Å².